The number of anilines is 1. The van der Waals surface area contributed by atoms with Crippen LogP contribution in [0.2, 0.25) is 0 Å². The predicted octanol–water partition coefficient (Wildman–Crippen LogP) is 5.33. The van der Waals surface area contributed by atoms with Gasteiger partial charge in [0.05, 0.1) is 0 Å². The third kappa shape index (κ3) is 5.91. The van der Waals surface area contributed by atoms with Crippen molar-refractivity contribution < 1.29 is 4.79 Å². The second-order valence-electron chi connectivity index (χ2n) is 5.95. The molecule has 0 saturated heterocycles. The Labute approximate surface area is 130 Å². The van der Waals surface area contributed by atoms with E-state index in [2.05, 4.69) is 19.9 Å². The minimum Gasteiger partial charge on any atom is -0.398 e. The van der Waals surface area contributed by atoms with Gasteiger partial charge in [-0.15, -0.1) is 0 Å². The van der Waals surface area contributed by atoms with Crippen LogP contribution in [0.4, 0.5) is 5.69 Å². The fourth-order valence-corrected chi connectivity index (χ4v) is 2.83. The van der Waals surface area contributed by atoms with E-state index in [1.54, 1.807) is 0 Å². The average molecular weight is 289 g/mol. The number of hydrogen-bond donors (Lipinski definition) is 1. The van der Waals surface area contributed by atoms with Crippen LogP contribution in [0.5, 0.6) is 0 Å². The first-order valence-electron chi connectivity index (χ1n) is 8.60. The summed E-state index contributed by atoms with van der Waals surface area (Å²) >= 11 is 0. The summed E-state index contributed by atoms with van der Waals surface area (Å²) in [7, 11) is 0. The second-order valence-corrected chi connectivity index (χ2v) is 5.95. The van der Waals surface area contributed by atoms with Crippen LogP contribution in [-0.2, 0) is 12.8 Å². The molecule has 0 aromatic heterocycles. The zero-order valence-electron chi connectivity index (χ0n) is 13.8. The molecule has 118 valence electrons. The number of carbonyl (C=O) groups is 1. The molecule has 2 nitrogen and oxygen atoms in total. The van der Waals surface area contributed by atoms with E-state index < -0.39 is 0 Å². The molecular weight excluding hydrogens is 258 g/mol. The third-order valence-corrected chi connectivity index (χ3v) is 4.19. The highest BCUT2D eigenvalue weighted by molar-refractivity contribution is 5.85. The molecule has 1 aromatic carbocycles. The van der Waals surface area contributed by atoms with E-state index in [9.17, 15) is 4.79 Å². The summed E-state index contributed by atoms with van der Waals surface area (Å²) in [6, 6.07) is 3.99. The molecule has 0 aliphatic carbocycles. The smallest absolute Gasteiger partial charge is 0.152 e. The highest BCUT2D eigenvalue weighted by atomic mass is 16.1. The molecular formula is C19H31NO. The molecule has 0 saturated carbocycles. The molecule has 2 N–H and O–H groups in total. The molecule has 0 bridgehead atoms. The van der Waals surface area contributed by atoms with Gasteiger partial charge in [-0.2, -0.15) is 0 Å². The van der Waals surface area contributed by atoms with Gasteiger partial charge in [-0.3, -0.25) is 4.79 Å². The van der Waals surface area contributed by atoms with E-state index in [-0.39, 0.29) is 0 Å². The van der Waals surface area contributed by atoms with Crippen molar-refractivity contribution in [2.45, 2.75) is 78.1 Å². The van der Waals surface area contributed by atoms with Gasteiger partial charge in [0.2, 0.25) is 0 Å². The summed E-state index contributed by atoms with van der Waals surface area (Å²) in [4.78, 5) is 11.1. The number of nitrogen functional groups attached to an aromatic ring is 1. The lowest BCUT2D eigenvalue weighted by molar-refractivity contribution is 0.112. The Balaban J connectivity index is 2.74. The molecule has 1 aromatic rings. The number of aldehydes is 1. The molecule has 1 rings (SSSR count). The van der Waals surface area contributed by atoms with Crippen molar-refractivity contribution in [1.82, 2.24) is 0 Å². The average Bonchev–Trinajstić information content (AvgIpc) is 2.50. The van der Waals surface area contributed by atoms with E-state index in [0.29, 0.717) is 5.56 Å². The van der Waals surface area contributed by atoms with Crippen LogP contribution < -0.4 is 5.73 Å². The molecule has 0 spiro atoms. The Morgan fingerprint density at radius 2 is 1.52 bits per heavy atom. The van der Waals surface area contributed by atoms with Crippen LogP contribution in [0, 0.1) is 0 Å². The Kier molecular flexibility index (Phi) is 8.80. The van der Waals surface area contributed by atoms with Gasteiger partial charge in [0.25, 0.3) is 0 Å². The van der Waals surface area contributed by atoms with Gasteiger partial charge in [0.15, 0.2) is 6.29 Å². The maximum absolute atomic E-state index is 11.1. The van der Waals surface area contributed by atoms with E-state index in [1.807, 2.05) is 6.07 Å². The second kappa shape index (κ2) is 10.4. The van der Waals surface area contributed by atoms with Crippen LogP contribution in [0.1, 0.15) is 86.7 Å². The van der Waals surface area contributed by atoms with Gasteiger partial charge in [0, 0.05) is 11.3 Å². The minimum absolute atomic E-state index is 0.651. The SMILES string of the molecule is CCCCCCc1ccc(C=O)c(N)c1CCCCCC. The van der Waals surface area contributed by atoms with Crippen LogP contribution in [0.3, 0.4) is 0 Å². The zero-order valence-corrected chi connectivity index (χ0v) is 13.8. The Morgan fingerprint density at radius 3 is 2.10 bits per heavy atom. The van der Waals surface area contributed by atoms with Crippen molar-refractivity contribution in [3.8, 4) is 0 Å². The van der Waals surface area contributed by atoms with Gasteiger partial charge in [0.1, 0.15) is 0 Å². The quantitative estimate of drug-likeness (QED) is 0.340. The molecule has 0 heterocycles. The number of rotatable bonds is 11. The van der Waals surface area contributed by atoms with Gasteiger partial charge in [-0.05, 0) is 42.9 Å². The maximum Gasteiger partial charge on any atom is 0.152 e. The predicted molar refractivity (Wildman–Crippen MR) is 91.9 cm³/mol. The van der Waals surface area contributed by atoms with Crippen molar-refractivity contribution in [1.29, 1.82) is 0 Å². The lowest BCUT2D eigenvalue weighted by Gasteiger charge is -2.14. The summed E-state index contributed by atoms with van der Waals surface area (Å²) in [5.74, 6) is 0. The van der Waals surface area contributed by atoms with Gasteiger partial charge in [-0.1, -0.05) is 58.4 Å². The number of benzene rings is 1. The zero-order chi connectivity index (χ0) is 15.5. The normalized spacial score (nSPS) is 10.8. The number of unbranched alkanes of at least 4 members (excludes halogenated alkanes) is 6. The van der Waals surface area contributed by atoms with Crippen molar-refractivity contribution in [3.63, 3.8) is 0 Å². The van der Waals surface area contributed by atoms with Gasteiger partial charge >= 0.3 is 0 Å². The Bertz CT molecular complexity index is 426. The first-order chi connectivity index (χ1) is 10.2. The first-order valence-corrected chi connectivity index (χ1v) is 8.60. The van der Waals surface area contributed by atoms with E-state index in [1.165, 1.54) is 62.5 Å². The molecule has 0 aliphatic heterocycles. The largest absolute Gasteiger partial charge is 0.398 e. The van der Waals surface area contributed by atoms with Crippen LogP contribution >= 0.6 is 0 Å². The summed E-state index contributed by atoms with van der Waals surface area (Å²) in [6.45, 7) is 4.45. The Hall–Kier alpha value is -1.31. The third-order valence-electron chi connectivity index (χ3n) is 4.19. The first kappa shape index (κ1) is 17.7. The Morgan fingerprint density at radius 1 is 0.905 bits per heavy atom. The molecule has 0 radical (unpaired) electrons. The number of aryl methyl sites for hydroxylation is 1. The van der Waals surface area contributed by atoms with Gasteiger partial charge < -0.3 is 5.73 Å². The number of hydrogen-bond acceptors (Lipinski definition) is 2. The molecule has 2 heteroatoms. The molecule has 0 aliphatic rings. The standard InChI is InChI=1S/C19H31NO/c1-3-5-7-9-11-16-13-14-17(15-21)19(20)18(16)12-10-8-6-4-2/h13-15H,3-12,20H2,1-2H3. The fourth-order valence-electron chi connectivity index (χ4n) is 2.83. The fraction of sp³-hybridized carbons (Fsp3) is 0.632. The molecule has 0 unspecified atom stereocenters. The summed E-state index contributed by atoms with van der Waals surface area (Å²) in [5, 5.41) is 0. The van der Waals surface area contributed by atoms with Crippen molar-refractivity contribution in [2.24, 2.45) is 0 Å². The highest BCUT2D eigenvalue weighted by Crippen LogP contribution is 2.25. The summed E-state index contributed by atoms with van der Waals surface area (Å²) in [5.41, 5.74) is 10.2. The summed E-state index contributed by atoms with van der Waals surface area (Å²) in [6.07, 6.45) is 13.0. The highest BCUT2D eigenvalue weighted by Gasteiger charge is 2.10. The molecule has 0 fully saturated rings. The molecule has 0 amide bonds. The monoisotopic (exact) mass is 289 g/mol. The topological polar surface area (TPSA) is 43.1 Å². The van der Waals surface area contributed by atoms with Crippen molar-refractivity contribution in [3.05, 3.63) is 28.8 Å². The number of nitrogens with two attached hydrogens (primary N) is 1. The van der Waals surface area contributed by atoms with E-state index in [0.717, 1.165) is 24.8 Å². The molecule has 21 heavy (non-hydrogen) atoms. The molecule has 0 atom stereocenters. The van der Waals surface area contributed by atoms with Crippen LogP contribution in [0.15, 0.2) is 12.1 Å². The van der Waals surface area contributed by atoms with E-state index >= 15 is 0 Å². The minimum atomic E-state index is 0.651. The number of carbonyl (C=O) groups excluding carboxylic acids is 1. The van der Waals surface area contributed by atoms with Crippen LogP contribution in [0.25, 0.3) is 0 Å². The lowest BCUT2D eigenvalue weighted by atomic mass is 9.93. The van der Waals surface area contributed by atoms with Crippen LogP contribution in [-0.4, -0.2) is 6.29 Å². The van der Waals surface area contributed by atoms with Crippen molar-refractivity contribution >= 4 is 12.0 Å². The van der Waals surface area contributed by atoms with Gasteiger partial charge in [-0.25, -0.2) is 0 Å². The maximum atomic E-state index is 11.1. The lowest BCUT2D eigenvalue weighted by Crippen LogP contribution is -2.04. The van der Waals surface area contributed by atoms with Crippen molar-refractivity contribution in [2.75, 3.05) is 5.73 Å². The summed E-state index contributed by atoms with van der Waals surface area (Å²) < 4.78 is 0. The van der Waals surface area contributed by atoms with E-state index in [4.69, 9.17) is 5.73 Å².